The maximum atomic E-state index is 12.6. The van der Waals surface area contributed by atoms with Gasteiger partial charge in [0.15, 0.2) is 0 Å². The monoisotopic (exact) mass is 363 g/mol. The Bertz CT molecular complexity index is 759. The summed E-state index contributed by atoms with van der Waals surface area (Å²) >= 11 is 12.2. The highest BCUT2D eigenvalue weighted by Gasteiger charge is 2.58. The number of primary amides is 1. The van der Waals surface area contributed by atoms with Crippen molar-refractivity contribution in [1.29, 1.82) is 0 Å². The first-order valence-electron chi connectivity index (χ1n) is 7.91. The van der Waals surface area contributed by atoms with Gasteiger partial charge >= 0.3 is 0 Å². The van der Waals surface area contributed by atoms with Crippen LogP contribution in [0.2, 0.25) is 10.0 Å². The summed E-state index contributed by atoms with van der Waals surface area (Å²) < 4.78 is 0. The largest absolute Gasteiger partial charge is 0.388 e. The Labute approximate surface area is 151 Å². The molecule has 2 aromatic carbocycles. The molecule has 3 nitrogen and oxygen atoms in total. The molecule has 1 aliphatic rings. The van der Waals surface area contributed by atoms with E-state index in [1.54, 1.807) is 18.2 Å². The van der Waals surface area contributed by atoms with Crippen molar-refractivity contribution in [3.63, 3.8) is 0 Å². The Hall–Kier alpha value is -1.55. The van der Waals surface area contributed by atoms with Gasteiger partial charge in [-0.1, -0.05) is 59.6 Å². The smallest absolute Gasteiger partial charge is 0.231 e. The second-order valence-corrected chi connectivity index (χ2v) is 7.26. The Morgan fingerprint density at radius 3 is 2.29 bits per heavy atom. The second-order valence-electron chi connectivity index (χ2n) is 6.45. The van der Waals surface area contributed by atoms with E-state index < -0.39 is 16.9 Å². The molecule has 1 aliphatic carbocycles. The SMILES string of the molecule is NC(=O)C(Cc1ccccc1)(c1ccc(Cl)c(Cl)c1)C1(O)CCC1. The van der Waals surface area contributed by atoms with Gasteiger partial charge in [0.2, 0.25) is 5.91 Å². The number of benzene rings is 2. The molecular formula is C19H19Cl2NO2. The molecule has 1 atom stereocenters. The third-order valence-corrected chi connectivity index (χ3v) is 5.86. The van der Waals surface area contributed by atoms with Crippen LogP contribution in [0, 0.1) is 0 Å². The van der Waals surface area contributed by atoms with Gasteiger partial charge in [0.1, 0.15) is 5.41 Å². The summed E-state index contributed by atoms with van der Waals surface area (Å²) in [5, 5.41) is 11.9. The highest BCUT2D eigenvalue weighted by Crippen LogP contribution is 2.50. The molecule has 0 spiro atoms. The average Bonchev–Trinajstić information content (AvgIpc) is 2.54. The van der Waals surface area contributed by atoms with Crippen molar-refractivity contribution in [2.45, 2.75) is 36.7 Å². The fourth-order valence-electron chi connectivity index (χ4n) is 3.60. The van der Waals surface area contributed by atoms with Crippen LogP contribution in [0.3, 0.4) is 0 Å². The number of carbonyl (C=O) groups excluding carboxylic acids is 1. The van der Waals surface area contributed by atoms with E-state index in [-0.39, 0.29) is 0 Å². The summed E-state index contributed by atoms with van der Waals surface area (Å²) in [6.07, 6.45) is 2.24. The first-order valence-corrected chi connectivity index (χ1v) is 8.66. The summed E-state index contributed by atoms with van der Waals surface area (Å²) in [6, 6.07) is 14.6. The van der Waals surface area contributed by atoms with E-state index in [1.165, 1.54) is 0 Å². The number of carbonyl (C=O) groups is 1. The number of nitrogens with two attached hydrogens (primary N) is 1. The van der Waals surface area contributed by atoms with Crippen LogP contribution in [0.4, 0.5) is 0 Å². The van der Waals surface area contributed by atoms with Crippen molar-refractivity contribution in [2.24, 2.45) is 5.73 Å². The molecule has 0 aromatic heterocycles. The Morgan fingerprint density at radius 1 is 1.12 bits per heavy atom. The van der Waals surface area contributed by atoms with Crippen LogP contribution in [0.1, 0.15) is 30.4 Å². The van der Waals surface area contributed by atoms with Gasteiger partial charge in [-0.15, -0.1) is 0 Å². The van der Waals surface area contributed by atoms with Crippen molar-refractivity contribution in [3.8, 4) is 0 Å². The van der Waals surface area contributed by atoms with Crippen LogP contribution in [-0.4, -0.2) is 16.6 Å². The molecule has 0 radical (unpaired) electrons. The van der Waals surface area contributed by atoms with Gasteiger partial charge in [0, 0.05) is 0 Å². The molecule has 2 aromatic rings. The van der Waals surface area contributed by atoms with E-state index in [9.17, 15) is 9.90 Å². The third kappa shape index (κ3) is 2.71. The molecule has 1 saturated carbocycles. The lowest BCUT2D eigenvalue weighted by molar-refractivity contribution is -0.147. The number of aliphatic hydroxyl groups is 1. The topological polar surface area (TPSA) is 63.3 Å². The molecule has 0 heterocycles. The fourth-order valence-corrected chi connectivity index (χ4v) is 3.89. The maximum Gasteiger partial charge on any atom is 0.231 e. The van der Waals surface area contributed by atoms with E-state index in [2.05, 4.69) is 0 Å². The molecule has 1 unspecified atom stereocenters. The quantitative estimate of drug-likeness (QED) is 0.846. The second kappa shape index (κ2) is 6.40. The molecule has 1 amide bonds. The molecule has 126 valence electrons. The van der Waals surface area contributed by atoms with Crippen LogP contribution in [-0.2, 0) is 16.6 Å². The predicted octanol–water partition coefficient (Wildman–Crippen LogP) is 3.87. The predicted molar refractivity (Wildman–Crippen MR) is 96.3 cm³/mol. The van der Waals surface area contributed by atoms with Crippen molar-refractivity contribution in [2.75, 3.05) is 0 Å². The Balaban J connectivity index is 2.18. The van der Waals surface area contributed by atoms with E-state index >= 15 is 0 Å². The molecule has 3 N–H and O–H groups in total. The summed E-state index contributed by atoms with van der Waals surface area (Å²) in [6.45, 7) is 0. The number of halogens is 2. The summed E-state index contributed by atoms with van der Waals surface area (Å²) in [5.74, 6) is -0.549. The number of hydrogen-bond acceptors (Lipinski definition) is 2. The minimum atomic E-state index is -1.24. The van der Waals surface area contributed by atoms with Gasteiger partial charge < -0.3 is 10.8 Å². The lowest BCUT2D eigenvalue weighted by Gasteiger charge is -2.51. The minimum Gasteiger partial charge on any atom is -0.388 e. The minimum absolute atomic E-state index is 0.317. The summed E-state index contributed by atoms with van der Waals surface area (Å²) in [5.41, 5.74) is 4.99. The van der Waals surface area contributed by atoms with E-state index in [1.807, 2.05) is 30.3 Å². The van der Waals surface area contributed by atoms with E-state index in [0.29, 0.717) is 34.9 Å². The fraction of sp³-hybridized carbons (Fsp3) is 0.316. The molecule has 5 heteroatoms. The number of hydrogen-bond donors (Lipinski definition) is 2. The summed E-state index contributed by atoms with van der Waals surface area (Å²) in [4.78, 5) is 12.6. The van der Waals surface area contributed by atoms with Crippen molar-refractivity contribution >= 4 is 29.1 Å². The molecular weight excluding hydrogens is 345 g/mol. The van der Waals surface area contributed by atoms with Gasteiger partial charge in [-0.2, -0.15) is 0 Å². The van der Waals surface area contributed by atoms with Gasteiger partial charge in [0.25, 0.3) is 0 Å². The van der Waals surface area contributed by atoms with E-state index in [0.717, 1.165) is 12.0 Å². The lowest BCUT2D eigenvalue weighted by atomic mass is 9.56. The zero-order valence-electron chi connectivity index (χ0n) is 13.1. The maximum absolute atomic E-state index is 12.6. The van der Waals surface area contributed by atoms with E-state index in [4.69, 9.17) is 28.9 Å². The van der Waals surface area contributed by atoms with Crippen LogP contribution in [0.5, 0.6) is 0 Å². The molecule has 3 rings (SSSR count). The first kappa shape index (κ1) is 17.3. The van der Waals surface area contributed by atoms with Crippen LogP contribution in [0.15, 0.2) is 48.5 Å². The van der Waals surface area contributed by atoms with Gasteiger partial charge in [-0.25, -0.2) is 0 Å². The van der Waals surface area contributed by atoms with Crippen LogP contribution >= 0.6 is 23.2 Å². The van der Waals surface area contributed by atoms with Crippen molar-refractivity contribution in [1.82, 2.24) is 0 Å². The van der Waals surface area contributed by atoms with Crippen molar-refractivity contribution in [3.05, 3.63) is 69.7 Å². The summed E-state index contributed by atoms with van der Waals surface area (Å²) in [7, 11) is 0. The van der Waals surface area contributed by atoms with Crippen molar-refractivity contribution < 1.29 is 9.90 Å². The molecule has 0 saturated heterocycles. The number of amides is 1. The average molecular weight is 364 g/mol. The molecule has 24 heavy (non-hydrogen) atoms. The highest BCUT2D eigenvalue weighted by molar-refractivity contribution is 6.42. The highest BCUT2D eigenvalue weighted by atomic mass is 35.5. The molecule has 0 aliphatic heterocycles. The first-order chi connectivity index (χ1) is 11.4. The Kier molecular flexibility index (Phi) is 4.60. The molecule has 1 fully saturated rings. The van der Waals surface area contributed by atoms with Gasteiger partial charge in [-0.05, 0) is 48.9 Å². The lowest BCUT2D eigenvalue weighted by Crippen LogP contribution is -2.63. The molecule has 0 bridgehead atoms. The third-order valence-electron chi connectivity index (χ3n) is 5.12. The standard InChI is InChI=1S/C19H19Cl2NO2/c20-15-8-7-14(11-16(15)21)19(17(22)23,18(24)9-4-10-18)12-13-5-2-1-3-6-13/h1-3,5-8,11,24H,4,9-10,12H2,(H2,22,23). The zero-order valence-corrected chi connectivity index (χ0v) is 14.6. The van der Waals surface area contributed by atoms with Gasteiger partial charge in [-0.3, -0.25) is 4.79 Å². The van der Waals surface area contributed by atoms with Gasteiger partial charge in [0.05, 0.1) is 15.6 Å². The van der Waals surface area contributed by atoms with Crippen LogP contribution < -0.4 is 5.73 Å². The number of rotatable bonds is 5. The normalized spacial score (nSPS) is 18.5. The Morgan fingerprint density at radius 2 is 1.79 bits per heavy atom. The zero-order chi connectivity index (χ0) is 17.4. The van der Waals surface area contributed by atoms with Crippen LogP contribution in [0.25, 0.3) is 0 Å².